The molecule has 1 saturated carbocycles. The van der Waals surface area contributed by atoms with Gasteiger partial charge in [-0.15, -0.1) is 0 Å². The number of hydrogen-bond donors (Lipinski definition) is 2. The Morgan fingerprint density at radius 3 is 2.85 bits per heavy atom. The molecule has 0 bridgehead atoms. The van der Waals surface area contributed by atoms with Crippen molar-refractivity contribution in [2.24, 2.45) is 0 Å². The fourth-order valence-electron chi connectivity index (χ4n) is 3.51. The minimum absolute atomic E-state index is 0.00210. The van der Waals surface area contributed by atoms with E-state index in [1.165, 1.54) is 6.20 Å². The number of carbonyl (C=O) groups is 1. The molecule has 0 spiro atoms. The van der Waals surface area contributed by atoms with Crippen molar-refractivity contribution in [3.05, 3.63) is 21.6 Å². The number of nitrogens with zero attached hydrogens (tertiary/aromatic N) is 2. The molecule has 7 nitrogen and oxygen atoms in total. The van der Waals surface area contributed by atoms with Crippen LogP contribution in [0.1, 0.15) is 39.0 Å². The van der Waals surface area contributed by atoms with Crippen LogP contribution in [0.2, 0.25) is 5.02 Å². The molecule has 2 atom stereocenters. The minimum atomic E-state index is -2.63. The Morgan fingerprint density at radius 2 is 2.15 bits per heavy atom. The molecule has 0 unspecified atom stereocenters. The van der Waals surface area contributed by atoms with Gasteiger partial charge < -0.3 is 15.0 Å². The summed E-state index contributed by atoms with van der Waals surface area (Å²) in [6.07, 6.45) is 1.08. The van der Waals surface area contributed by atoms with Gasteiger partial charge in [-0.25, -0.2) is 18.7 Å². The Kier molecular flexibility index (Phi) is 5.36. The number of amides is 1. The summed E-state index contributed by atoms with van der Waals surface area (Å²) in [5.74, 6) is -2.63. The zero-order valence-corrected chi connectivity index (χ0v) is 15.1. The smallest absolute Gasteiger partial charge is 0.407 e. The van der Waals surface area contributed by atoms with Crippen molar-refractivity contribution in [3.8, 4) is 0 Å². The van der Waals surface area contributed by atoms with E-state index in [2.05, 4.69) is 15.5 Å². The third-order valence-electron chi connectivity index (χ3n) is 4.94. The monoisotopic (exact) mass is 390 g/mol. The molecule has 10 heteroatoms. The highest BCUT2D eigenvalue weighted by Crippen LogP contribution is 2.33. The van der Waals surface area contributed by atoms with Gasteiger partial charge in [-0.2, -0.15) is 5.10 Å². The fourth-order valence-corrected chi connectivity index (χ4v) is 3.71. The number of aromatic nitrogens is 2. The summed E-state index contributed by atoms with van der Waals surface area (Å²) in [6, 6.07) is -0.286. The van der Waals surface area contributed by atoms with E-state index in [-0.39, 0.29) is 48.9 Å². The van der Waals surface area contributed by atoms with Crippen LogP contribution in [0.15, 0.2) is 11.0 Å². The summed E-state index contributed by atoms with van der Waals surface area (Å²) in [5.41, 5.74) is 0.0107. The molecule has 2 N–H and O–H groups in total. The van der Waals surface area contributed by atoms with Crippen molar-refractivity contribution in [1.29, 1.82) is 0 Å². The Balaban J connectivity index is 1.54. The first kappa shape index (κ1) is 18.9. The molecule has 1 aromatic heterocycles. The molecule has 1 aromatic rings. The van der Waals surface area contributed by atoms with Gasteiger partial charge in [-0.3, -0.25) is 4.79 Å². The van der Waals surface area contributed by atoms with Gasteiger partial charge in [-0.1, -0.05) is 11.6 Å². The number of carbonyl (C=O) groups excluding carboxylic acids is 1. The van der Waals surface area contributed by atoms with Gasteiger partial charge in [0.05, 0.1) is 18.4 Å². The fraction of sp³-hybridized carbons (Fsp3) is 0.688. The molecule has 1 amide bonds. The van der Waals surface area contributed by atoms with E-state index < -0.39 is 17.6 Å². The molecule has 1 aliphatic heterocycles. The first-order valence-corrected chi connectivity index (χ1v) is 8.98. The van der Waals surface area contributed by atoms with Gasteiger partial charge in [0.2, 0.25) is 5.92 Å². The topological polar surface area (TPSA) is 87.3 Å². The lowest BCUT2D eigenvalue weighted by Crippen LogP contribution is -2.42. The number of H-pyrrole nitrogens is 1. The van der Waals surface area contributed by atoms with Crippen LogP contribution in [0.5, 0.6) is 0 Å². The lowest BCUT2D eigenvalue weighted by atomic mass is 9.92. The van der Waals surface area contributed by atoms with Crippen LogP contribution in [0, 0.1) is 0 Å². The van der Waals surface area contributed by atoms with E-state index in [1.807, 2.05) is 11.8 Å². The average molecular weight is 391 g/mol. The van der Waals surface area contributed by atoms with Gasteiger partial charge in [0.25, 0.3) is 5.56 Å². The van der Waals surface area contributed by atoms with Gasteiger partial charge >= 0.3 is 6.09 Å². The molecular weight excluding hydrogens is 370 g/mol. The van der Waals surface area contributed by atoms with Crippen molar-refractivity contribution in [2.45, 2.75) is 63.1 Å². The maximum absolute atomic E-state index is 13.2. The second-order valence-corrected chi connectivity index (χ2v) is 7.32. The third-order valence-corrected chi connectivity index (χ3v) is 5.30. The second-order valence-electron chi connectivity index (χ2n) is 6.94. The number of ether oxygens (including phenoxy) is 1. The van der Waals surface area contributed by atoms with Crippen LogP contribution in [-0.2, 0) is 4.74 Å². The van der Waals surface area contributed by atoms with Crippen LogP contribution >= 0.6 is 11.6 Å². The molecule has 1 aliphatic carbocycles. The number of halogens is 3. The summed E-state index contributed by atoms with van der Waals surface area (Å²) >= 11 is 6.04. The van der Waals surface area contributed by atoms with Crippen LogP contribution in [0.25, 0.3) is 0 Å². The molecule has 3 rings (SSSR count). The Labute approximate surface area is 154 Å². The van der Waals surface area contributed by atoms with Crippen molar-refractivity contribution in [1.82, 2.24) is 15.5 Å². The molecular formula is C16H21ClF2N4O3. The Morgan fingerprint density at radius 1 is 1.46 bits per heavy atom. The van der Waals surface area contributed by atoms with E-state index >= 15 is 0 Å². The number of alkyl halides is 2. The summed E-state index contributed by atoms with van der Waals surface area (Å²) in [5, 5.41) is 8.72. The van der Waals surface area contributed by atoms with Crippen molar-refractivity contribution >= 4 is 23.4 Å². The number of anilines is 1. The highest BCUT2D eigenvalue weighted by atomic mass is 35.5. The van der Waals surface area contributed by atoms with E-state index in [0.29, 0.717) is 18.7 Å². The zero-order chi connectivity index (χ0) is 18.9. The SMILES string of the molecule is C[C@@H]1C[C@@H](OC(=O)NC2CCC(F)(F)CC2)CN1c1cn[nH]c(=O)c1Cl. The number of alkyl carbamates (subject to hydrolysis) is 1. The quantitative estimate of drug-likeness (QED) is 0.828. The maximum atomic E-state index is 13.2. The summed E-state index contributed by atoms with van der Waals surface area (Å²) in [4.78, 5) is 25.5. The number of nitrogens with one attached hydrogen (secondary N) is 2. The van der Waals surface area contributed by atoms with Crippen LogP contribution in [0.4, 0.5) is 19.3 Å². The van der Waals surface area contributed by atoms with Crippen LogP contribution < -0.4 is 15.8 Å². The Bertz CT molecular complexity index is 720. The molecule has 144 valence electrons. The lowest BCUT2D eigenvalue weighted by molar-refractivity contribution is -0.0406. The van der Waals surface area contributed by atoms with Crippen LogP contribution in [0.3, 0.4) is 0 Å². The van der Waals surface area contributed by atoms with Gasteiger partial charge in [0.15, 0.2) is 0 Å². The minimum Gasteiger partial charge on any atom is -0.444 e. The second kappa shape index (κ2) is 7.38. The van der Waals surface area contributed by atoms with E-state index in [4.69, 9.17) is 16.3 Å². The van der Waals surface area contributed by atoms with E-state index in [9.17, 15) is 18.4 Å². The summed E-state index contributed by atoms with van der Waals surface area (Å²) in [6.45, 7) is 2.31. The molecule has 26 heavy (non-hydrogen) atoms. The first-order valence-electron chi connectivity index (χ1n) is 8.60. The molecule has 2 heterocycles. The summed E-state index contributed by atoms with van der Waals surface area (Å²) < 4.78 is 31.8. The molecule has 0 radical (unpaired) electrons. The van der Waals surface area contributed by atoms with Gasteiger partial charge in [0.1, 0.15) is 11.1 Å². The number of hydrogen-bond acceptors (Lipinski definition) is 5. The van der Waals surface area contributed by atoms with E-state index in [0.717, 1.165) is 0 Å². The largest absolute Gasteiger partial charge is 0.444 e. The summed E-state index contributed by atoms with van der Waals surface area (Å²) in [7, 11) is 0. The lowest BCUT2D eigenvalue weighted by Gasteiger charge is -2.28. The predicted octanol–water partition coefficient (Wildman–Crippen LogP) is 2.69. The van der Waals surface area contributed by atoms with Crippen molar-refractivity contribution in [3.63, 3.8) is 0 Å². The molecule has 0 aromatic carbocycles. The first-order chi connectivity index (χ1) is 12.2. The standard InChI is InChI=1S/C16H21ClF2N4O3/c1-9-6-11(8-23(9)12-7-20-22-14(24)13(12)17)26-15(25)21-10-2-4-16(18,19)5-3-10/h7,9-11H,2-6,8H2,1H3,(H,21,25)(H,22,24)/t9-,11-/m1/s1. The maximum Gasteiger partial charge on any atom is 0.407 e. The normalized spacial score (nSPS) is 25.9. The van der Waals surface area contributed by atoms with E-state index in [1.54, 1.807) is 0 Å². The predicted molar refractivity (Wildman–Crippen MR) is 91.9 cm³/mol. The number of rotatable bonds is 3. The third kappa shape index (κ3) is 4.25. The van der Waals surface area contributed by atoms with Crippen molar-refractivity contribution in [2.75, 3.05) is 11.4 Å². The highest BCUT2D eigenvalue weighted by molar-refractivity contribution is 6.33. The number of aromatic amines is 1. The van der Waals surface area contributed by atoms with Crippen LogP contribution in [-0.4, -0.2) is 46.9 Å². The average Bonchev–Trinajstić information content (AvgIpc) is 2.92. The molecule has 1 saturated heterocycles. The van der Waals surface area contributed by atoms with Gasteiger partial charge in [-0.05, 0) is 19.8 Å². The molecule has 2 fully saturated rings. The molecule has 2 aliphatic rings. The Hall–Kier alpha value is -1.90. The zero-order valence-electron chi connectivity index (χ0n) is 14.3. The van der Waals surface area contributed by atoms with Gasteiger partial charge in [0, 0.05) is 31.3 Å². The van der Waals surface area contributed by atoms with Crippen molar-refractivity contribution < 1.29 is 18.3 Å². The highest BCUT2D eigenvalue weighted by Gasteiger charge is 2.37.